The minimum Gasteiger partial charge on any atom is -0.497 e. The number of fused-ring (bicyclic) bond motifs is 1. The number of hydrogen-bond acceptors (Lipinski definition) is 5. The average Bonchev–Trinajstić information content (AvgIpc) is 2.72. The van der Waals surface area contributed by atoms with Crippen LogP contribution in [0, 0.1) is 0 Å². The van der Waals surface area contributed by atoms with Crippen LogP contribution in [0.4, 0.5) is 5.69 Å². The minimum absolute atomic E-state index is 0.382. The van der Waals surface area contributed by atoms with Gasteiger partial charge in [0.25, 0.3) is 5.56 Å². The second-order valence-corrected chi connectivity index (χ2v) is 6.05. The molecule has 146 valence electrons. The van der Waals surface area contributed by atoms with Crippen LogP contribution in [0.5, 0.6) is 11.5 Å². The predicted molar refractivity (Wildman–Crippen MR) is 106 cm³/mol. The van der Waals surface area contributed by atoms with E-state index in [1.165, 1.54) is 18.8 Å². The van der Waals surface area contributed by atoms with Gasteiger partial charge in [0.2, 0.25) is 5.91 Å². The fraction of sp³-hybridized carbons (Fsp3) is 0.250. The molecular weight excluding hydrogens is 362 g/mol. The minimum atomic E-state index is -0.525. The zero-order chi connectivity index (χ0) is 20.3. The van der Waals surface area contributed by atoms with E-state index >= 15 is 0 Å². The van der Waals surface area contributed by atoms with Crippen LogP contribution in [0.15, 0.2) is 52.1 Å². The molecule has 0 saturated carbocycles. The van der Waals surface area contributed by atoms with Crippen molar-refractivity contribution in [1.82, 2.24) is 9.13 Å². The predicted octanol–water partition coefficient (Wildman–Crippen LogP) is 1.84. The summed E-state index contributed by atoms with van der Waals surface area (Å²) >= 11 is 0. The highest BCUT2D eigenvalue weighted by Crippen LogP contribution is 2.28. The number of ether oxygens (including phenoxy) is 2. The molecule has 0 radical (unpaired) electrons. The molecule has 0 atom stereocenters. The lowest BCUT2D eigenvalue weighted by atomic mass is 10.2. The standard InChI is InChI=1S/C20H21N3O5/c1-4-22-16-8-6-5-7-14(16)19(25)23(20(22)26)12-18(24)21-15-10-9-13(27-2)11-17(15)28-3/h5-11H,4,12H2,1-3H3,(H,21,24). The Kier molecular flexibility index (Phi) is 5.49. The molecule has 1 aromatic heterocycles. The fourth-order valence-electron chi connectivity index (χ4n) is 3.05. The van der Waals surface area contributed by atoms with Crippen molar-refractivity contribution < 1.29 is 14.3 Å². The Bertz CT molecular complexity index is 1150. The Morgan fingerprint density at radius 2 is 1.79 bits per heavy atom. The average molecular weight is 383 g/mol. The number of aromatic nitrogens is 2. The lowest BCUT2D eigenvalue weighted by molar-refractivity contribution is -0.116. The fourth-order valence-corrected chi connectivity index (χ4v) is 3.05. The first-order valence-corrected chi connectivity index (χ1v) is 8.74. The first-order valence-electron chi connectivity index (χ1n) is 8.74. The maximum absolute atomic E-state index is 12.7. The van der Waals surface area contributed by atoms with Crippen LogP contribution in [-0.2, 0) is 17.9 Å². The van der Waals surface area contributed by atoms with Crippen molar-refractivity contribution in [2.45, 2.75) is 20.0 Å². The summed E-state index contributed by atoms with van der Waals surface area (Å²) in [6.07, 6.45) is 0. The number of nitrogens with zero attached hydrogens (tertiary/aromatic N) is 2. The Hall–Kier alpha value is -3.55. The van der Waals surface area contributed by atoms with Crippen molar-refractivity contribution in [2.75, 3.05) is 19.5 Å². The maximum atomic E-state index is 12.7. The summed E-state index contributed by atoms with van der Waals surface area (Å²) in [6.45, 7) is 1.79. The summed E-state index contributed by atoms with van der Waals surface area (Å²) < 4.78 is 12.8. The molecule has 1 N–H and O–H groups in total. The zero-order valence-electron chi connectivity index (χ0n) is 15.9. The van der Waals surface area contributed by atoms with E-state index in [-0.39, 0.29) is 0 Å². The molecule has 0 fully saturated rings. The summed E-state index contributed by atoms with van der Waals surface area (Å²) in [5.41, 5.74) is -0.0587. The highest BCUT2D eigenvalue weighted by Gasteiger charge is 2.16. The second kappa shape index (κ2) is 7.99. The van der Waals surface area contributed by atoms with Crippen molar-refractivity contribution in [3.05, 3.63) is 63.3 Å². The van der Waals surface area contributed by atoms with Gasteiger partial charge in [0.05, 0.1) is 30.8 Å². The molecule has 0 bridgehead atoms. The summed E-state index contributed by atoms with van der Waals surface area (Å²) in [4.78, 5) is 38.0. The number of hydrogen-bond donors (Lipinski definition) is 1. The number of rotatable bonds is 6. The van der Waals surface area contributed by atoms with Gasteiger partial charge in [0.1, 0.15) is 18.0 Å². The summed E-state index contributed by atoms with van der Waals surface area (Å²) in [5.74, 6) is 0.469. The third-order valence-electron chi connectivity index (χ3n) is 4.43. The first-order chi connectivity index (χ1) is 13.5. The van der Waals surface area contributed by atoms with E-state index in [4.69, 9.17) is 9.47 Å². The van der Waals surface area contributed by atoms with Crippen molar-refractivity contribution in [3.8, 4) is 11.5 Å². The van der Waals surface area contributed by atoms with Crippen LogP contribution in [0.1, 0.15) is 6.92 Å². The quantitative estimate of drug-likeness (QED) is 0.701. The molecule has 28 heavy (non-hydrogen) atoms. The number of carbonyl (C=O) groups is 1. The van der Waals surface area contributed by atoms with Crippen molar-refractivity contribution in [1.29, 1.82) is 0 Å². The number of nitrogens with one attached hydrogen (secondary N) is 1. The molecule has 0 spiro atoms. The van der Waals surface area contributed by atoms with E-state index < -0.39 is 23.7 Å². The molecule has 3 rings (SSSR count). The first kappa shape index (κ1) is 19.2. The normalized spacial score (nSPS) is 10.7. The third-order valence-corrected chi connectivity index (χ3v) is 4.43. The zero-order valence-corrected chi connectivity index (χ0v) is 15.9. The number of amides is 1. The van der Waals surface area contributed by atoms with Gasteiger partial charge in [-0.15, -0.1) is 0 Å². The molecule has 3 aromatic rings. The van der Waals surface area contributed by atoms with Crippen molar-refractivity contribution >= 4 is 22.5 Å². The Balaban J connectivity index is 1.96. The van der Waals surface area contributed by atoms with Crippen LogP contribution < -0.4 is 26.0 Å². The molecule has 0 unspecified atom stereocenters. The second-order valence-electron chi connectivity index (χ2n) is 6.05. The van der Waals surface area contributed by atoms with Crippen LogP contribution in [0.25, 0.3) is 10.9 Å². The highest BCUT2D eigenvalue weighted by molar-refractivity contribution is 5.92. The van der Waals surface area contributed by atoms with Gasteiger partial charge in [0, 0.05) is 12.6 Å². The smallest absolute Gasteiger partial charge is 0.331 e. The van der Waals surface area contributed by atoms with Gasteiger partial charge in [-0.3, -0.25) is 18.7 Å². The Morgan fingerprint density at radius 3 is 2.46 bits per heavy atom. The van der Waals surface area contributed by atoms with Crippen molar-refractivity contribution in [3.63, 3.8) is 0 Å². The molecule has 0 aliphatic carbocycles. The number of para-hydroxylation sites is 1. The van der Waals surface area contributed by atoms with Crippen LogP contribution in [0.3, 0.4) is 0 Å². The van der Waals surface area contributed by atoms with Gasteiger partial charge in [-0.2, -0.15) is 0 Å². The van der Waals surface area contributed by atoms with Gasteiger partial charge in [-0.05, 0) is 31.2 Å². The molecule has 1 heterocycles. The van der Waals surface area contributed by atoms with E-state index in [9.17, 15) is 14.4 Å². The van der Waals surface area contributed by atoms with Gasteiger partial charge < -0.3 is 14.8 Å². The Labute approximate surface area is 160 Å². The topological polar surface area (TPSA) is 91.6 Å². The molecule has 8 nitrogen and oxygen atoms in total. The van der Waals surface area contributed by atoms with Crippen LogP contribution >= 0.6 is 0 Å². The van der Waals surface area contributed by atoms with E-state index in [0.717, 1.165) is 4.57 Å². The van der Waals surface area contributed by atoms with Crippen LogP contribution in [-0.4, -0.2) is 29.3 Å². The van der Waals surface area contributed by atoms with E-state index in [2.05, 4.69) is 5.32 Å². The lowest BCUT2D eigenvalue weighted by Crippen LogP contribution is -2.42. The van der Waals surface area contributed by atoms with Gasteiger partial charge in [-0.25, -0.2) is 4.79 Å². The van der Waals surface area contributed by atoms with E-state index in [1.54, 1.807) is 42.5 Å². The molecule has 0 aliphatic heterocycles. The molecule has 2 aromatic carbocycles. The molecule has 0 saturated heterocycles. The maximum Gasteiger partial charge on any atom is 0.331 e. The van der Waals surface area contributed by atoms with Gasteiger partial charge >= 0.3 is 5.69 Å². The number of methoxy groups -OCH3 is 2. The summed E-state index contributed by atoms with van der Waals surface area (Å²) in [5, 5.41) is 3.06. The van der Waals surface area contributed by atoms with Crippen LogP contribution in [0.2, 0.25) is 0 Å². The monoisotopic (exact) mass is 383 g/mol. The molecule has 1 amide bonds. The third kappa shape index (κ3) is 3.48. The highest BCUT2D eigenvalue weighted by atomic mass is 16.5. The van der Waals surface area contributed by atoms with Gasteiger partial charge in [-0.1, -0.05) is 12.1 Å². The molecule has 0 aliphatic rings. The van der Waals surface area contributed by atoms with E-state index in [0.29, 0.717) is 34.6 Å². The molecular formula is C20H21N3O5. The lowest BCUT2D eigenvalue weighted by Gasteiger charge is -2.14. The van der Waals surface area contributed by atoms with Gasteiger partial charge in [0.15, 0.2) is 0 Å². The number of aryl methyl sites for hydroxylation is 1. The molecule has 8 heteroatoms. The number of anilines is 1. The Morgan fingerprint density at radius 1 is 1.04 bits per heavy atom. The SMILES string of the molecule is CCn1c(=O)n(CC(=O)Nc2ccc(OC)cc2OC)c(=O)c2ccccc21. The summed E-state index contributed by atoms with van der Waals surface area (Å²) in [7, 11) is 3.00. The number of benzene rings is 2. The number of carbonyl (C=O) groups excluding carboxylic acids is 1. The van der Waals surface area contributed by atoms with E-state index in [1.807, 2.05) is 6.92 Å². The largest absolute Gasteiger partial charge is 0.497 e. The summed E-state index contributed by atoms with van der Waals surface area (Å²) in [6, 6.07) is 11.8. The van der Waals surface area contributed by atoms with Crippen molar-refractivity contribution in [2.24, 2.45) is 0 Å².